The van der Waals surface area contributed by atoms with Gasteiger partial charge in [0, 0.05) is 32.2 Å². The Hall–Kier alpha value is -2.21. The zero-order chi connectivity index (χ0) is 18.1. The minimum atomic E-state index is 0.153. The van der Waals surface area contributed by atoms with E-state index in [1.54, 1.807) is 4.68 Å². The third kappa shape index (κ3) is 3.51. The highest BCUT2D eigenvalue weighted by Crippen LogP contribution is 2.25. The van der Waals surface area contributed by atoms with Crippen LogP contribution in [0.4, 0.5) is 0 Å². The topological polar surface area (TPSA) is 54.3 Å². The number of fused-ring (bicyclic) bond motifs is 1. The van der Waals surface area contributed by atoms with Crippen LogP contribution in [0.5, 0.6) is 0 Å². The average Bonchev–Trinajstić information content (AvgIpc) is 2.98. The first kappa shape index (κ1) is 17.2. The summed E-state index contributed by atoms with van der Waals surface area (Å²) < 4.78 is 1.71. The first-order chi connectivity index (χ1) is 12.6. The molecule has 0 N–H and O–H groups in total. The van der Waals surface area contributed by atoms with Crippen molar-refractivity contribution in [3.8, 4) is 0 Å². The molecule has 1 aromatic heterocycles. The number of hydrogen-bond donors (Lipinski definition) is 0. The van der Waals surface area contributed by atoms with Gasteiger partial charge in [0.2, 0.25) is 5.91 Å². The van der Waals surface area contributed by atoms with Crippen LogP contribution in [0, 0.1) is 13.8 Å². The van der Waals surface area contributed by atoms with Crippen molar-refractivity contribution >= 4 is 5.91 Å². The van der Waals surface area contributed by atoms with E-state index in [1.807, 2.05) is 18.7 Å². The van der Waals surface area contributed by atoms with E-state index in [0.29, 0.717) is 12.6 Å². The number of piperidine rings is 1. The van der Waals surface area contributed by atoms with Crippen molar-refractivity contribution in [2.24, 2.45) is 0 Å². The van der Waals surface area contributed by atoms with E-state index in [2.05, 4.69) is 39.2 Å². The van der Waals surface area contributed by atoms with Crippen LogP contribution in [0.15, 0.2) is 24.3 Å². The molecule has 2 aliphatic rings. The van der Waals surface area contributed by atoms with Crippen LogP contribution in [0.25, 0.3) is 0 Å². The van der Waals surface area contributed by atoms with E-state index in [9.17, 15) is 4.79 Å². The fraction of sp³-hybridized carbons (Fsp3) is 0.550. The third-order valence-corrected chi connectivity index (χ3v) is 5.74. The number of carbonyl (C=O) groups is 1. The largest absolute Gasteiger partial charge is 0.341 e. The molecule has 0 unspecified atom stereocenters. The van der Waals surface area contributed by atoms with Gasteiger partial charge in [0.1, 0.15) is 18.2 Å². The quantitative estimate of drug-likeness (QED) is 0.846. The second-order valence-electron chi connectivity index (χ2n) is 7.47. The molecule has 0 saturated carbocycles. The van der Waals surface area contributed by atoms with Crippen molar-refractivity contribution in [2.45, 2.75) is 52.2 Å². The van der Waals surface area contributed by atoms with Crippen LogP contribution in [0.2, 0.25) is 0 Å². The van der Waals surface area contributed by atoms with Crippen molar-refractivity contribution in [3.05, 3.63) is 47.0 Å². The molecule has 0 bridgehead atoms. The zero-order valence-corrected chi connectivity index (χ0v) is 15.7. The van der Waals surface area contributed by atoms with Crippen LogP contribution in [0.3, 0.4) is 0 Å². The summed E-state index contributed by atoms with van der Waals surface area (Å²) >= 11 is 0. The molecule has 1 aromatic carbocycles. The SMILES string of the molecule is Cc1nc(C)n(CC(=O)N2CCC(N3CCc4ccccc4C3)CC2)n1. The molecular weight excluding hydrogens is 326 g/mol. The molecule has 6 heteroatoms. The van der Waals surface area contributed by atoms with Crippen molar-refractivity contribution in [3.63, 3.8) is 0 Å². The van der Waals surface area contributed by atoms with Gasteiger partial charge in [-0.2, -0.15) is 5.10 Å². The Kier molecular flexibility index (Phi) is 4.76. The predicted molar refractivity (Wildman–Crippen MR) is 99.7 cm³/mol. The summed E-state index contributed by atoms with van der Waals surface area (Å²) in [5.74, 6) is 1.68. The first-order valence-corrected chi connectivity index (χ1v) is 9.57. The molecule has 0 aliphatic carbocycles. The molecular formula is C20H27N5O. The molecule has 0 radical (unpaired) electrons. The molecule has 0 atom stereocenters. The number of aromatic nitrogens is 3. The minimum Gasteiger partial charge on any atom is -0.341 e. The fourth-order valence-electron chi connectivity index (χ4n) is 4.25. The highest BCUT2D eigenvalue weighted by atomic mass is 16.2. The summed E-state index contributed by atoms with van der Waals surface area (Å²) in [6, 6.07) is 9.36. The number of hydrogen-bond acceptors (Lipinski definition) is 4. The molecule has 0 spiro atoms. The highest BCUT2D eigenvalue weighted by Gasteiger charge is 2.29. The van der Waals surface area contributed by atoms with Crippen molar-refractivity contribution in [2.75, 3.05) is 19.6 Å². The summed E-state index contributed by atoms with van der Waals surface area (Å²) in [7, 11) is 0. The van der Waals surface area contributed by atoms with E-state index < -0.39 is 0 Å². The molecule has 138 valence electrons. The van der Waals surface area contributed by atoms with E-state index >= 15 is 0 Å². The lowest BCUT2D eigenvalue weighted by Crippen LogP contribution is -2.48. The van der Waals surface area contributed by atoms with E-state index in [0.717, 1.165) is 57.1 Å². The molecule has 1 saturated heterocycles. The number of carbonyl (C=O) groups excluding carboxylic acids is 1. The van der Waals surface area contributed by atoms with Crippen LogP contribution in [-0.2, 0) is 24.3 Å². The van der Waals surface area contributed by atoms with Crippen LogP contribution >= 0.6 is 0 Å². The molecule has 2 aliphatic heterocycles. The van der Waals surface area contributed by atoms with E-state index in [4.69, 9.17) is 0 Å². The maximum absolute atomic E-state index is 12.6. The van der Waals surface area contributed by atoms with E-state index in [1.165, 1.54) is 11.1 Å². The second-order valence-corrected chi connectivity index (χ2v) is 7.47. The Morgan fingerprint density at radius 2 is 1.85 bits per heavy atom. The number of benzene rings is 1. The number of likely N-dealkylation sites (tertiary alicyclic amines) is 1. The molecule has 2 aromatic rings. The van der Waals surface area contributed by atoms with Gasteiger partial charge in [-0.3, -0.25) is 9.69 Å². The van der Waals surface area contributed by atoms with Gasteiger partial charge in [-0.25, -0.2) is 9.67 Å². The van der Waals surface area contributed by atoms with Gasteiger partial charge in [0.15, 0.2) is 0 Å². The zero-order valence-electron chi connectivity index (χ0n) is 15.7. The van der Waals surface area contributed by atoms with Gasteiger partial charge in [-0.1, -0.05) is 24.3 Å². The molecule has 1 amide bonds. The normalized spacial score (nSPS) is 18.8. The lowest BCUT2D eigenvalue weighted by Gasteiger charge is -2.40. The predicted octanol–water partition coefficient (Wildman–Crippen LogP) is 1.94. The Morgan fingerprint density at radius 3 is 2.54 bits per heavy atom. The molecule has 6 nitrogen and oxygen atoms in total. The van der Waals surface area contributed by atoms with Gasteiger partial charge < -0.3 is 4.90 Å². The monoisotopic (exact) mass is 353 g/mol. The Bertz CT molecular complexity index is 791. The first-order valence-electron chi connectivity index (χ1n) is 9.57. The summed E-state index contributed by atoms with van der Waals surface area (Å²) in [6.07, 6.45) is 3.26. The standard InChI is InChI=1S/C20H27N5O/c1-15-21-16(2)25(22-15)14-20(26)23-11-8-19(9-12-23)24-10-7-17-5-3-4-6-18(17)13-24/h3-6,19H,7-14H2,1-2H3. The number of amides is 1. The second kappa shape index (κ2) is 7.19. The van der Waals surface area contributed by atoms with Gasteiger partial charge in [-0.15, -0.1) is 0 Å². The minimum absolute atomic E-state index is 0.153. The average molecular weight is 353 g/mol. The van der Waals surface area contributed by atoms with Crippen molar-refractivity contribution in [1.29, 1.82) is 0 Å². The van der Waals surface area contributed by atoms with Crippen molar-refractivity contribution < 1.29 is 4.79 Å². The van der Waals surface area contributed by atoms with E-state index in [-0.39, 0.29) is 5.91 Å². The van der Waals surface area contributed by atoms with Gasteiger partial charge in [-0.05, 0) is 44.2 Å². The van der Waals surface area contributed by atoms with Crippen LogP contribution in [-0.4, -0.2) is 56.1 Å². The summed E-state index contributed by atoms with van der Waals surface area (Å²) in [5, 5.41) is 4.30. The summed E-state index contributed by atoms with van der Waals surface area (Å²) in [5.41, 5.74) is 2.96. The third-order valence-electron chi connectivity index (χ3n) is 5.74. The van der Waals surface area contributed by atoms with Crippen LogP contribution in [0.1, 0.15) is 35.6 Å². The van der Waals surface area contributed by atoms with Crippen molar-refractivity contribution in [1.82, 2.24) is 24.6 Å². The molecule has 1 fully saturated rings. The van der Waals surface area contributed by atoms with Gasteiger partial charge in [0.05, 0.1) is 0 Å². The fourth-order valence-corrected chi connectivity index (χ4v) is 4.25. The Labute approximate surface area is 154 Å². The van der Waals surface area contributed by atoms with Gasteiger partial charge in [0.25, 0.3) is 0 Å². The highest BCUT2D eigenvalue weighted by molar-refractivity contribution is 5.76. The van der Waals surface area contributed by atoms with Gasteiger partial charge >= 0.3 is 0 Å². The lowest BCUT2D eigenvalue weighted by atomic mass is 9.95. The maximum Gasteiger partial charge on any atom is 0.244 e. The summed E-state index contributed by atoms with van der Waals surface area (Å²) in [4.78, 5) is 21.5. The molecule has 4 rings (SSSR count). The molecule has 26 heavy (non-hydrogen) atoms. The Morgan fingerprint density at radius 1 is 1.12 bits per heavy atom. The molecule has 3 heterocycles. The van der Waals surface area contributed by atoms with Crippen LogP contribution < -0.4 is 0 Å². The number of nitrogens with zero attached hydrogens (tertiary/aromatic N) is 5. The summed E-state index contributed by atoms with van der Waals surface area (Å²) in [6.45, 7) is 7.92. The Balaban J connectivity index is 1.31. The number of aryl methyl sites for hydroxylation is 2. The smallest absolute Gasteiger partial charge is 0.244 e. The maximum atomic E-state index is 12.6. The lowest BCUT2D eigenvalue weighted by molar-refractivity contribution is -0.133. The number of rotatable bonds is 3.